The van der Waals surface area contributed by atoms with Crippen LogP contribution >= 0.6 is 0 Å². The van der Waals surface area contributed by atoms with Gasteiger partial charge in [-0.05, 0) is 13.0 Å². The molecule has 0 radical (unpaired) electrons. The van der Waals surface area contributed by atoms with Crippen molar-refractivity contribution in [2.45, 2.75) is 13.3 Å². The maximum absolute atomic E-state index is 12.1. The molecule has 0 bridgehead atoms. The van der Waals surface area contributed by atoms with Gasteiger partial charge in [-0.15, -0.1) is 0 Å². The van der Waals surface area contributed by atoms with E-state index in [1.165, 1.54) is 24.1 Å². The Labute approximate surface area is 121 Å². The molecule has 1 aromatic rings. The molecule has 0 aliphatic rings. The minimum absolute atomic E-state index is 0.00572. The number of para-hydroxylation sites is 1. The minimum atomic E-state index is -0.773. The summed E-state index contributed by atoms with van der Waals surface area (Å²) in [5, 5.41) is 20.5. The highest BCUT2D eigenvalue weighted by Gasteiger charge is 2.23. The smallest absolute Gasteiger partial charge is 0.311 e. The van der Waals surface area contributed by atoms with E-state index >= 15 is 0 Å². The van der Waals surface area contributed by atoms with Crippen LogP contribution in [0.2, 0.25) is 0 Å². The molecule has 8 nitrogen and oxygen atoms in total. The number of hydrogen-bond donors (Lipinski definition) is 1. The SMILES string of the molecule is CCOC(=O)CCN(C)C(=O)c1cccc([N+](=O)[O-])c1O. The van der Waals surface area contributed by atoms with Crippen LogP contribution in [0, 0.1) is 10.1 Å². The standard InChI is InChI=1S/C13H16N2O6/c1-3-21-11(16)7-8-14(2)13(18)9-5-4-6-10(12(9)17)15(19)20/h4-6,17H,3,7-8H2,1-2H3. The van der Waals surface area contributed by atoms with Gasteiger partial charge < -0.3 is 14.7 Å². The molecule has 0 saturated heterocycles. The Balaban J connectivity index is 2.81. The zero-order chi connectivity index (χ0) is 16.0. The zero-order valence-electron chi connectivity index (χ0n) is 11.7. The number of nitro groups is 1. The number of rotatable bonds is 6. The largest absolute Gasteiger partial charge is 0.502 e. The summed E-state index contributed by atoms with van der Waals surface area (Å²) in [6.45, 7) is 2.01. The van der Waals surface area contributed by atoms with E-state index < -0.39 is 28.2 Å². The number of amides is 1. The third kappa shape index (κ3) is 4.16. The number of phenols is 1. The molecule has 1 rings (SSSR count). The molecule has 0 atom stereocenters. The molecule has 8 heteroatoms. The van der Waals surface area contributed by atoms with Crippen molar-refractivity contribution in [3.05, 3.63) is 33.9 Å². The van der Waals surface area contributed by atoms with Crippen molar-refractivity contribution in [3.8, 4) is 5.75 Å². The highest BCUT2D eigenvalue weighted by Crippen LogP contribution is 2.29. The number of benzene rings is 1. The van der Waals surface area contributed by atoms with Gasteiger partial charge in [0.2, 0.25) is 5.75 Å². The van der Waals surface area contributed by atoms with E-state index in [1.54, 1.807) is 6.92 Å². The van der Waals surface area contributed by atoms with Gasteiger partial charge in [-0.3, -0.25) is 19.7 Å². The van der Waals surface area contributed by atoms with E-state index in [0.29, 0.717) is 0 Å². The van der Waals surface area contributed by atoms with Crippen molar-refractivity contribution in [3.63, 3.8) is 0 Å². The van der Waals surface area contributed by atoms with Crippen LogP contribution in [0.15, 0.2) is 18.2 Å². The Kier molecular flexibility index (Phi) is 5.65. The second-order valence-electron chi connectivity index (χ2n) is 4.21. The van der Waals surface area contributed by atoms with Crippen molar-refractivity contribution in [2.75, 3.05) is 20.2 Å². The molecule has 0 heterocycles. The summed E-state index contributed by atoms with van der Waals surface area (Å²) in [6.07, 6.45) is 0.00572. The maximum Gasteiger partial charge on any atom is 0.311 e. The second-order valence-corrected chi connectivity index (χ2v) is 4.21. The molecule has 0 aromatic heterocycles. The first-order valence-corrected chi connectivity index (χ1v) is 6.26. The maximum atomic E-state index is 12.1. The number of esters is 1. The number of phenolic OH excluding ortho intramolecular Hbond substituents is 1. The summed E-state index contributed by atoms with van der Waals surface area (Å²) >= 11 is 0. The van der Waals surface area contributed by atoms with Crippen LogP contribution in [0.4, 0.5) is 5.69 Å². The Hall–Kier alpha value is -2.64. The first-order chi connectivity index (χ1) is 9.88. The van der Waals surface area contributed by atoms with Gasteiger partial charge in [-0.25, -0.2) is 0 Å². The number of aromatic hydroxyl groups is 1. The average molecular weight is 296 g/mol. The normalized spacial score (nSPS) is 10.0. The van der Waals surface area contributed by atoms with E-state index in [1.807, 2.05) is 0 Å². The second kappa shape index (κ2) is 7.22. The Morgan fingerprint density at radius 1 is 1.43 bits per heavy atom. The van der Waals surface area contributed by atoms with Crippen LogP contribution in [0.25, 0.3) is 0 Å². The fourth-order valence-electron chi connectivity index (χ4n) is 1.65. The van der Waals surface area contributed by atoms with Crippen LogP contribution in [0.5, 0.6) is 5.75 Å². The lowest BCUT2D eigenvalue weighted by molar-refractivity contribution is -0.385. The molecule has 0 saturated carbocycles. The molecule has 0 aliphatic carbocycles. The number of carbonyl (C=O) groups excluding carboxylic acids is 2. The fraction of sp³-hybridized carbons (Fsp3) is 0.385. The zero-order valence-corrected chi connectivity index (χ0v) is 11.7. The van der Waals surface area contributed by atoms with E-state index in [4.69, 9.17) is 4.74 Å². The molecule has 21 heavy (non-hydrogen) atoms. The summed E-state index contributed by atoms with van der Waals surface area (Å²) in [5.74, 6) is -1.74. The molecule has 0 fully saturated rings. The van der Waals surface area contributed by atoms with E-state index in [-0.39, 0.29) is 25.1 Å². The molecule has 1 amide bonds. The first-order valence-electron chi connectivity index (χ1n) is 6.26. The average Bonchev–Trinajstić information content (AvgIpc) is 2.44. The van der Waals surface area contributed by atoms with Crippen molar-refractivity contribution in [1.82, 2.24) is 4.90 Å². The van der Waals surface area contributed by atoms with Crippen LogP contribution in [0.3, 0.4) is 0 Å². The topological polar surface area (TPSA) is 110 Å². The molecule has 1 aromatic carbocycles. The van der Waals surface area contributed by atoms with E-state index in [0.717, 1.165) is 6.07 Å². The van der Waals surface area contributed by atoms with Gasteiger partial charge in [-0.1, -0.05) is 6.07 Å². The van der Waals surface area contributed by atoms with E-state index in [2.05, 4.69) is 0 Å². The summed E-state index contributed by atoms with van der Waals surface area (Å²) < 4.78 is 4.74. The van der Waals surface area contributed by atoms with Gasteiger partial charge >= 0.3 is 11.7 Å². The summed E-state index contributed by atoms with van der Waals surface area (Å²) in [7, 11) is 1.43. The Bertz CT molecular complexity index is 558. The van der Waals surface area contributed by atoms with Gasteiger partial charge in [-0.2, -0.15) is 0 Å². The van der Waals surface area contributed by atoms with Crippen LogP contribution < -0.4 is 0 Å². The molecular formula is C13H16N2O6. The van der Waals surface area contributed by atoms with Gasteiger partial charge in [0.05, 0.1) is 23.5 Å². The number of hydrogen-bond acceptors (Lipinski definition) is 6. The van der Waals surface area contributed by atoms with Crippen molar-refractivity contribution in [2.24, 2.45) is 0 Å². The number of carbonyl (C=O) groups is 2. The fourth-order valence-corrected chi connectivity index (χ4v) is 1.65. The summed E-state index contributed by atoms with van der Waals surface area (Å²) in [5.41, 5.74) is -0.727. The molecule has 0 spiro atoms. The predicted octanol–water partition coefficient (Wildman–Crippen LogP) is 1.33. The highest BCUT2D eigenvalue weighted by molar-refractivity contribution is 5.98. The highest BCUT2D eigenvalue weighted by atomic mass is 16.6. The number of nitrogens with zero attached hydrogens (tertiary/aromatic N) is 2. The van der Waals surface area contributed by atoms with Crippen LogP contribution in [0.1, 0.15) is 23.7 Å². The molecular weight excluding hydrogens is 280 g/mol. The van der Waals surface area contributed by atoms with Gasteiger partial charge in [0, 0.05) is 19.7 Å². The Morgan fingerprint density at radius 2 is 2.10 bits per heavy atom. The van der Waals surface area contributed by atoms with Crippen LogP contribution in [-0.2, 0) is 9.53 Å². The third-order valence-corrected chi connectivity index (χ3v) is 2.75. The lowest BCUT2D eigenvalue weighted by atomic mass is 10.1. The first kappa shape index (κ1) is 16.4. The number of ether oxygens (including phenoxy) is 1. The Morgan fingerprint density at radius 3 is 2.67 bits per heavy atom. The van der Waals surface area contributed by atoms with Gasteiger partial charge in [0.15, 0.2) is 0 Å². The minimum Gasteiger partial charge on any atom is -0.502 e. The monoisotopic (exact) mass is 296 g/mol. The molecule has 1 N–H and O–H groups in total. The third-order valence-electron chi connectivity index (χ3n) is 2.75. The predicted molar refractivity (Wildman–Crippen MR) is 73.0 cm³/mol. The lowest BCUT2D eigenvalue weighted by Crippen LogP contribution is -2.29. The van der Waals surface area contributed by atoms with E-state index in [9.17, 15) is 24.8 Å². The van der Waals surface area contributed by atoms with Gasteiger partial charge in [0.25, 0.3) is 5.91 Å². The quantitative estimate of drug-likeness (QED) is 0.481. The van der Waals surface area contributed by atoms with Crippen molar-refractivity contribution >= 4 is 17.6 Å². The van der Waals surface area contributed by atoms with Crippen molar-refractivity contribution in [1.29, 1.82) is 0 Å². The molecule has 0 aliphatic heterocycles. The van der Waals surface area contributed by atoms with Crippen LogP contribution in [-0.4, -0.2) is 47.0 Å². The summed E-state index contributed by atoms with van der Waals surface area (Å²) in [4.78, 5) is 34.4. The summed E-state index contributed by atoms with van der Waals surface area (Å²) in [6, 6.07) is 3.69. The van der Waals surface area contributed by atoms with Gasteiger partial charge in [0.1, 0.15) is 0 Å². The molecule has 0 unspecified atom stereocenters. The lowest BCUT2D eigenvalue weighted by Gasteiger charge is -2.17. The number of nitro benzene ring substituents is 1. The van der Waals surface area contributed by atoms with Crippen molar-refractivity contribution < 1.29 is 24.4 Å². The molecule has 114 valence electrons.